The van der Waals surface area contributed by atoms with Crippen molar-refractivity contribution in [1.82, 2.24) is 10.2 Å². The summed E-state index contributed by atoms with van der Waals surface area (Å²) in [6, 6.07) is 10.4. The van der Waals surface area contributed by atoms with Gasteiger partial charge in [0.25, 0.3) is 5.91 Å². The van der Waals surface area contributed by atoms with Gasteiger partial charge in [0.05, 0.1) is 4.88 Å². The number of hydrogen-bond donors (Lipinski definition) is 1. The predicted octanol–water partition coefficient (Wildman–Crippen LogP) is 3.81. The normalized spacial score (nSPS) is 12.0. The number of carbonyl (C=O) groups excluding carboxylic acids is 2. The average molecular weight is 365 g/mol. The fraction of sp³-hybridized carbons (Fsp3) is 0.333. The van der Waals surface area contributed by atoms with Crippen LogP contribution < -0.4 is 5.32 Å². The molecule has 1 aromatic carbocycles. The van der Waals surface area contributed by atoms with E-state index in [0.717, 1.165) is 5.56 Å². The average Bonchev–Trinajstić information content (AvgIpc) is 3.08. The molecule has 0 fully saturated rings. The van der Waals surface area contributed by atoms with E-state index in [0.29, 0.717) is 16.4 Å². The van der Waals surface area contributed by atoms with E-state index in [4.69, 9.17) is 11.6 Å². The summed E-state index contributed by atoms with van der Waals surface area (Å²) in [5, 5.41) is 5.31. The van der Waals surface area contributed by atoms with Gasteiger partial charge in [0.2, 0.25) is 5.91 Å². The zero-order chi connectivity index (χ0) is 17.7. The first-order chi connectivity index (χ1) is 11.4. The Labute approximate surface area is 151 Å². The Kier molecular flexibility index (Phi) is 6.40. The van der Waals surface area contributed by atoms with Crippen molar-refractivity contribution >= 4 is 34.8 Å². The highest BCUT2D eigenvalue weighted by molar-refractivity contribution is 7.12. The van der Waals surface area contributed by atoms with Crippen LogP contribution in [-0.2, 0) is 11.3 Å². The SMILES string of the molecule is CC(C)C(NC(=O)c1cccs1)C(=O)N(C)Cc1ccccc1Cl. The second-order valence-electron chi connectivity index (χ2n) is 5.96. The number of rotatable bonds is 6. The van der Waals surface area contributed by atoms with Crippen LogP contribution in [-0.4, -0.2) is 29.8 Å². The van der Waals surface area contributed by atoms with Crippen molar-refractivity contribution < 1.29 is 9.59 Å². The summed E-state index contributed by atoms with van der Waals surface area (Å²) in [5.74, 6) is -0.367. The van der Waals surface area contributed by atoms with Gasteiger partial charge < -0.3 is 10.2 Å². The molecule has 1 atom stereocenters. The number of carbonyl (C=O) groups is 2. The Morgan fingerprint density at radius 3 is 2.50 bits per heavy atom. The van der Waals surface area contributed by atoms with E-state index in [9.17, 15) is 9.59 Å². The van der Waals surface area contributed by atoms with Crippen molar-refractivity contribution in [2.45, 2.75) is 26.4 Å². The van der Waals surface area contributed by atoms with Gasteiger partial charge in [0.15, 0.2) is 0 Å². The molecule has 1 aromatic heterocycles. The summed E-state index contributed by atoms with van der Waals surface area (Å²) in [6.07, 6.45) is 0. The maximum absolute atomic E-state index is 12.8. The molecule has 0 saturated heterocycles. The first kappa shape index (κ1) is 18.5. The van der Waals surface area contributed by atoms with E-state index >= 15 is 0 Å². The van der Waals surface area contributed by atoms with Crippen LogP contribution in [0, 0.1) is 5.92 Å². The lowest BCUT2D eigenvalue weighted by molar-refractivity contribution is -0.133. The van der Waals surface area contributed by atoms with Gasteiger partial charge in [-0.3, -0.25) is 9.59 Å². The van der Waals surface area contributed by atoms with E-state index in [1.165, 1.54) is 11.3 Å². The molecule has 1 unspecified atom stereocenters. The second-order valence-corrected chi connectivity index (χ2v) is 7.31. The third-order valence-electron chi connectivity index (χ3n) is 3.71. The second kappa shape index (κ2) is 8.31. The van der Waals surface area contributed by atoms with E-state index in [-0.39, 0.29) is 17.7 Å². The Balaban J connectivity index is 2.08. The molecule has 24 heavy (non-hydrogen) atoms. The van der Waals surface area contributed by atoms with Crippen molar-refractivity contribution in [1.29, 1.82) is 0 Å². The number of amides is 2. The Hall–Kier alpha value is -1.85. The van der Waals surface area contributed by atoms with Gasteiger partial charge in [-0.05, 0) is 29.0 Å². The van der Waals surface area contributed by atoms with Gasteiger partial charge in [0.1, 0.15) is 6.04 Å². The highest BCUT2D eigenvalue weighted by Crippen LogP contribution is 2.18. The lowest BCUT2D eigenvalue weighted by Crippen LogP contribution is -2.49. The minimum absolute atomic E-state index is 0.0184. The molecule has 1 heterocycles. The molecule has 2 rings (SSSR count). The maximum Gasteiger partial charge on any atom is 0.262 e. The minimum Gasteiger partial charge on any atom is -0.340 e. The molecule has 0 saturated carbocycles. The summed E-state index contributed by atoms with van der Waals surface area (Å²) >= 11 is 7.52. The number of nitrogens with zero attached hydrogens (tertiary/aromatic N) is 1. The van der Waals surface area contributed by atoms with Crippen LogP contribution in [0.4, 0.5) is 0 Å². The molecule has 4 nitrogen and oxygen atoms in total. The summed E-state index contributed by atoms with van der Waals surface area (Å²) < 4.78 is 0. The molecular formula is C18H21ClN2O2S. The molecule has 2 aromatic rings. The minimum atomic E-state index is -0.577. The number of likely N-dealkylation sites (N-methyl/N-ethyl adjacent to an activating group) is 1. The first-order valence-corrected chi connectivity index (χ1v) is 8.98. The summed E-state index contributed by atoms with van der Waals surface area (Å²) in [6.45, 7) is 4.23. The zero-order valence-corrected chi connectivity index (χ0v) is 15.5. The molecule has 0 aliphatic heterocycles. The number of halogens is 1. The fourth-order valence-electron chi connectivity index (χ4n) is 2.33. The lowest BCUT2D eigenvalue weighted by Gasteiger charge is -2.27. The smallest absolute Gasteiger partial charge is 0.262 e. The molecule has 0 radical (unpaired) electrons. The molecule has 0 aliphatic carbocycles. The molecule has 0 bridgehead atoms. The zero-order valence-electron chi connectivity index (χ0n) is 14.0. The van der Waals surface area contributed by atoms with Gasteiger partial charge in [-0.25, -0.2) is 0 Å². The van der Waals surface area contributed by atoms with Crippen LogP contribution in [0.25, 0.3) is 0 Å². The topological polar surface area (TPSA) is 49.4 Å². The summed E-state index contributed by atoms with van der Waals surface area (Å²) in [5.41, 5.74) is 0.877. The molecule has 1 N–H and O–H groups in total. The van der Waals surface area contributed by atoms with E-state index < -0.39 is 6.04 Å². The van der Waals surface area contributed by atoms with Crippen molar-refractivity contribution in [2.75, 3.05) is 7.05 Å². The van der Waals surface area contributed by atoms with Gasteiger partial charge in [-0.1, -0.05) is 49.7 Å². The monoisotopic (exact) mass is 364 g/mol. The number of thiophene rings is 1. The van der Waals surface area contributed by atoms with Crippen LogP contribution in [0.5, 0.6) is 0 Å². The van der Waals surface area contributed by atoms with E-state index in [2.05, 4.69) is 5.32 Å². The Morgan fingerprint density at radius 1 is 1.21 bits per heavy atom. The van der Waals surface area contributed by atoms with Crippen LogP contribution in [0.2, 0.25) is 5.02 Å². The quantitative estimate of drug-likeness (QED) is 0.847. The number of hydrogen-bond acceptors (Lipinski definition) is 3. The Morgan fingerprint density at radius 2 is 1.92 bits per heavy atom. The third-order valence-corrected chi connectivity index (χ3v) is 4.94. The maximum atomic E-state index is 12.8. The van der Waals surface area contributed by atoms with E-state index in [1.54, 1.807) is 24.1 Å². The van der Waals surface area contributed by atoms with Gasteiger partial charge >= 0.3 is 0 Å². The predicted molar refractivity (Wildman–Crippen MR) is 98.3 cm³/mol. The molecule has 128 valence electrons. The van der Waals surface area contributed by atoms with Crippen molar-refractivity contribution in [3.8, 4) is 0 Å². The van der Waals surface area contributed by atoms with Crippen molar-refractivity contribution in [3.05, 3.63) is 57.2 Å². The first-order valence-electron chi connectivity index (χ1n) is 7.73. The van der Waals surface area contributed by atoms with Crippen LogP contribution >= 0.6 is 22.9 Å². The van der Waals surface area contributed by atoms with Crippen LogP contribution in [0.15, 0.2) is 41.8 Å². The van der Waals surface area contributed by atoms with Gasteiger partial charge in [-0.2, -0.15) is 0 Å². The third kappa shape index (κ3) is 4.58. The summed E-state index contributed by atoms with van der Waals surface area (Å²) in [4.78, 5) is 27.2. The van der Waals surface area contributed by atoms with E-state index in [1.807, 2.05) is 43.5 Å². The highest BCUT2D eigenvalue weighted by atomic mass is 35.5. The number of benzene rings is 1. The highest BCUT2D eigenvalue weighted by Gasteiger charge is 2.27. The van der Waals surface area contributed by atoms with Crippen LogP contribution in [0.1, 0.15) is 29.1 Å². The summed E-state index contributed by atoms with van der Waals surface area (Å²) in [7, 11) is 1.72. The van der Waals surface area contributed by atoms with Gasteiger partial charge in [0, 0.05) is 18.6 Å². The van der Waals surface area contributed by atoms with Gasteiger partial charge in [-0.15, -0.1) is 11.3 Å². The Bertz CT molecular complexity index is 701. The lowest BCUT2D eigenvalue weighted by atomic mass is 10.0. The molecule has 2 amide bonds. The molecule has 0 aliphatic rings. The number of nitrogens with one attached hydrogen (secondary N) is 1. The largest absolute Gasteiger partial charge is 0.340 e. The molecular weight excluding hydrogens is 344 g/mol. The van der Waals surface area contributed by atoms with Crippen LogP contribution in [0.3, 0.4) is 0 Å². The standard InChI is InChI=1S/C18H21ClN2O2S/c1-12(2)16(20-17(22)15-9-6-10-24-15)18(23)21(3)11-13-7-4-5-8-14(13)19/h4-10,12,16H,11H2,1-3H3,(H,20,22). The molecule has 6 heteroatoms. The van der Waals surface area contributed by atoms with Crippen molar-refractivity contribution in [2.24, 2.45) is 5.92 Å². The fourth-order valence-corrected chi connectivity index (χ4v) is 3.15. The molecule has 0 spiro atoms. The van der Waals surface area contributed by atoms with Crippen molar-refractivity contribution in [3.63, 3.8) is 0 Å².